The van der Waals surface area contributed by atoms with Gasteiger partial charge in [0, 0.05) is 31.4 Å². The van der Waals surface area contributed by atoms with Crippen molar-refractivity contribution < 1.29 is 9.59 Å². The third kappa shape index (κ3) is 4.59. The van der Waals surface area contributed by atoms with E-state index in [4.69, 9.17) is 0 Å². The van der Waals surface area contributed by atoms with E-state index in [1.165, 1.54) is 18.4 Å². The average molecular weight is 393 g/mol. The number of anilines is 3. The molecule has 0 aliphatic carbocycles. The van der Waals surface area contributed by atoms with Crippen molar-refractivity contribution in [2.24, 2.45) is 5.92 Å². The van der Waals surface area contributed by atoms with Gasteiger partial charge in [-0.1, -0.05) is 19.1 Å². The first-order valence-corrected chi connectivity index (χ1v) is 10.3. The van der Waals surface area contributed by atoms with Gasteiger partial charge in [-0.05, 0) is 61.2 Å². The monoisotopic (exact) mass is 392 g/mol. The molecular weight excluding hydrogens is 364 g/mol. The number of likely N-dealkylation sites (tertiary alicyclic amines) is 1. The maximum Gasteiger partial charge on any atom is 0.255 e. The van der Waals surface area contributed by atoms with Crippen molar-refractivity contribution in [3.8, 4) is 0 Å². The van der Waals surface area contributed by atoms with Gasteiger partial charge in [0.15, 0.2) is 0 Å². The van der Waals surface area contributed by atoms with E-state index in [-0.39, 0.29) is 11.8 Å². The van der Waals surface area contributed by atoms with Crippen LogP contribution in [0.5, 0.6) is 0 Å². The molecule has 2 N–H and O–H groups in total. The second kappa shape index (κ2) is 8.25. The molecule has 0 radical (unpaired) electrons. The molecule has 152 valence electrons. The highest BCUT2D eigenvalue weighted by Crippen LogP contribution is 2.29. The van der Waals surface area contributed by atoms with Crippen molar-refractivity contribution in [1.29, 1.82) is 0 Å². The second-order valence-corrected chi connectivity index (χ2v) is 8.27. The molecule has 4 rings (SSSR count). The number of likely N-dealkylation sites (N-methyl/N-ethyl adjacent to an activating group) is 1. The first kappa shape index (κ1) is 19.5. The van der Waals surface area contributed by atoms with Crippen LogP contribution in [0.3, 0.4) is 0 Å². The van der Waals surface area contributed by atoms with Crippen LogP contribution >= 0.6 is 0 Å². The number of hydrogen-bond donors (Lipinski definition) is 2. The van der Waals surface area contributed by atoms with Gasteiger partial charge in [-0.15, -0.1) is 0 Å². The molecule has 0 spiro atoms. The fourth-order valence-corrected chi connectivity index (χ4v) is 4.19. The molecule has 2 aliphatic heterocycles. The Morgan fingerprint density at radius 3 is 2.76 bits per heavy atom. The largest absolute Gasteiger partial charge is 0.364 e. The minimum atomic E-state index is -0.187. The number of hydrogen-bond acceptors (Lipinski definition) is 4. The average Bonchev–Trinajstić information content (AvgIpc) is 2.69. The number of carbonyl (C=O) groups is 2. The van der Waals surface area contributed by atoms with Gasteiger partial charge < -0.3 is 15.5 Å². The number of piperidine rings is 1. The zero-order chi connectivity index (χ0) is 20.4. The lowest BCUT2D eigenvalue weighted by Crippen LogP contribution is -2.35. The predicted octanol–water partition coefficient (Wildman–Crippen LogP) is 3.56. The number of nitrogens with zero attached hydrogens (tertiary/aromatic N) is 2. The van der Waals surface area contributed by atoms with Crippen LogP contribution in [0, 0.1) is 5.92 Å². The third-order valence-corrected chi connectivity index (χ3v) is 5.68. The Morgan fingerprint density at radius 2 is 2.00 bits per heavy atom. The molecule has 6 nitrogen and oxygen atoms in total. The number of fused-ring (bicyclic) bond motifs is 1. The highest BCUT2D eigenvalue weighted by atomic mass is 16.2. The number of benzene rings is 2. The van der Waals surface area contributed by atoms with Gasteiger partial charge in [0.2, 0.25) is 5.91 Å². The molecule has 6 heteroatoms. The number of carbonyl (C=O) groups excluding carboxylic acids is 2. The van der Waals surface area contributed by atoms with Gasteiger partial charge in [0.05, 0.1) is 17.9 Å². The van der Waals surface area contributed by atoms with E-state index in [9.17, 15) is 9.59 Å². The van der Waals surface area contributed by atoms with Crippen molar-refractivity contribution >= 4 is 28.9 Å². The van der Waals surface area contributed by atoms with E-state index >= 15 is 0 Å². The van der Waals surface area contributed by atoms with Gasteiger partial charge in [0.1, 0.15) is 0 Å². The molecule has 1 unspecified atom stereocenters. The molecule has 2 aliphatic rings. The van der Waals surface area contributed by atoms with Crippen molar-refractivity contribution in [1.82, 2.24) is 4.90 Å². The fraction of sp³-hybridized carbons (Fsp3) is 0.391. The van der Waals surface area contributed by atoms with Crippen molar-refractivity contribution in [2.75, 3.05) is 42.2 Å². The first-order chi connectivity index (χ1) is 14.0. The van der Waals surface area contributed by atoms with Crippen LogP contribution in [-0.2, 0) is 11.3 Å². The Labute approximate surface area is 171 Å². The quantitative estimate of drug-likeness (QED) is 0.835. The van der Waals surface area contributed by atoms with Gasteiger partial charge in [-0.2, -0.15) is 0 Å². The molecule has 0 bridgehead atoms. The highest BCUT2D eigenvalue weighted by molar-refractivity contribution is 6.07. The summed E-state index contributed by atoms with van der Waals surface area (Å²) >= 11 is 0. The van der Waals surface area contributed by atoms with Gasteiger partial charge in [0.25, 0.3) is 5.91 Å². The summed E-state index contributed by atoms with van der Waals surface area (Å²) in [5.74, 6) is 0.507. The van der Waals surface area contributed by atoms with Crippen LogP contribution in [-0.4, -0.2) is 43.4 Å². The SMILES string of the molecule is CC1CCCN(Cc2ccc(NC(=O)c3ccc4c(c3)NC(=O)CN4C)cc2)C1. The lowest BCUT2D eigenvalue weighted by Gasteiger charge is -2.30. The van der Waals surface area contributed by atoms with Crippen molar-refractivity contribution in [3.63, 3.8) is 0 Å². The van der Waals surface area contributed by atoms with Gasteiger partial charge in [-0.3, -0.25) is 14.5 Å². The van der Waals surface area contributed by atoms with Crippen LogP contribution in [0.25, 0.3) is 0 Å². The van der Waals surface area contributed by atoms with Crippen LogP contribution in [0.15, 0.2) is 42.5 Å². The minimum Gasteiger partial charge on any atom is -0.364 e. The zero-order valence-corrected chi connectivity index (χ0v) is 17.1. The molecule has 2 heterocycles. The smallest absolute Gasteiger partial charge is 0.255 e. The minimum absolute atomic E-state index is 0.0729. The zero-order valence-electron chi connectivity index (χ0n) is 17.1. The Kier molecular flexibility index (Phi) is 5.53. The molecular formula is C23H28N4O2. The van der Waals surface area contributed by atoms with Crippen molar-refractivity contribution in [2.45, 2.75) is 26.3 Å². The molecule has 1 atom stereocenters. The predicted molar refractivity (Wildman–Crippen MR) is 116 cm³/mol. The molecule has 0 aromatic heterocycles. The molecule has 2 amide bonds. The summed E-state index contributed by atoms with van der Waals surface area (Å²) < 4.78 is 0. The summed E-state index contributed by atoms with van der Waals surface area (Å²) in [6.45, 7) is 5.90. The van der Waals surface area contributed by atoms with E-state index < -0.39 is 0 Å². The summed E-state index contributed by atoms with van der Waals surface area (Å²) in [6.07, 6.45) is 2.59. The summed E-state index contributed by atoms with van der Waals surface area (Å²) in [7, 11) is 1.86. The number of nitrogens with one attached hydrogen (secondary N) is 2. The third-order valence-electron chi connectivity index (χ3n) is 5.68. The van der Waals surface area contributed by atoms with E-state index in [0.29, 0.717) is 17.8 Å². The molecule has 29 heavy (non-hydrogen) atoms. The molecule has 1 saturated heterocycles. The molecule has 2 aromatic rings. The van der Waals surface area contributed by atoms with Gasteiger partial charge in [-0.25, -0.2) is 0 Å². The molecule has 2 aromatic carbocycles. The highest BCUT2D eigenvalue weighted by Gasteiger charge is 2.20. The van der Waals surface area contributed by atoms with E-state index in [2.05, 4.69) is 34.6 Å². The van der Waals surface area contributed by atoms with Crippen LogP contribution < -0.4 is 15.5 Å². The van der Waals surface area contributed by atoms with E-state index in [1.807, 2.05) is 30.1 Å². The summed E-state index contributed by atoms with van der Waals surface area (Å²) in [5, 5.41) is 5.78. The van der Waals surface area contributed by atoms with Crippen LogP contribution in [0.2, 0.25) is 0 Å². The summed E-state index contributed by atoms with van der Waals surface area (Å²) in [5.41, 5.74) is 4.13. The topological polar surface area (TPSA) is 64.7 Å². The van der Waals surface area contributed by atoms with Crippen LogP contribution in [0.4, 0.5) is 17.1 Å². The maximum atomic E-state index is 12.7. The Hall–Kier alpha value is -2.86. The van der Waals surface area contributed by atoms with Gasteiger partial charge >= 0.3 is 0 Å². The number of rotatable bonds is 4. The molecule has 0 saturated carbocycles. The Bertz CT molecular complexity index is 910. The lowest BCUT2D eigenvalue weighted by atomic mass is 10.00. The standard InChI is InChI=1S/C23H28N4O2/c1-16-4-3-11-27(13-16)14-17-5-8-19(9-6-17)24-23(29)18-7-10-21-20(12-18)25-22(28)15-26(21)2/h5-10,12,16H,3-4,11,13-15H2,1-2H3,(H,24,29)(H,25,28). The van der Waals surface area contributed by atoms with Crippen molar-refractivity contribution in [3.05, 3.63) is 53.6 Å². The number of amides is 2. The fourth-order valence-electron chi connectivity index (χ4n) is 4.19. The Morgan fingerprint density at radius 1 is 1.21 bits per heavy atom. The second-order valence-electron chi connectivity index (χ2n) is 8.27. The summed E-state index contributed by atoms with van der Waals surface area (Å²) in [4.78, 5) is 28.8. The maximum absolute atomic E-state index is 12.7. The summed E-state index contributed by atoms with van der Waals surface area (Å²) in [6, 6.07) is 13.4. The van der Waals surface area contributed by atoms with E-state index in [0.717, 1.165) is 36.9 Å². The van der Waals surface area contributed by atoms with Crippen LogP contribution in [0.1, 0.15) is 35.7 Å². The normalized spacial score (nSPS) is 19.4. The lowest BCUT2D eigenvalue weighted by molar-refractivity contribution is -0.115. The molecule has 1 fully saturated rings. The van der Waals surface area contributed by atoms with E-state index in [1.54, 1.807) is 12.1 Å². The Balaban J connectivity index is 1.40. The first-order valence-electron chi connectivity index (χ1n) is 10.3.